The summed E-state index contributed by atoms with van der Waals surface area (Å²) in [5.74, 6) is 1.74. The Morgan fingerprint density at radius 3 is 2.28 bits per heavy atom. The van der Waals surface area contributed by atoms with E-state index < -0.39 is 11.5 Å². The number of carbonyl (C=O) groups excluding carboxylic acids is 2. The molecule has 3 heterocycles. The van der Waals surface area contributed by atoms with Crippen molar-refractivity contribution in [2.24, 2.45) is 0 Å². The van der Waals surface area contributed by atoms with Crippen molar-refractivity contribution in [3.63, 3.8) is 0 Å². The standard InChI is InChI=1S/C17H23N6O5S/c1-12(25)10-14(26)20-2-4-22(5-3-20)17-18-13(11-24)15(23(27)28)16(19-17)21-6-8-29-9-7-21/h2-11H2,1H3/q-1. The first-order chi connectivity index (χ1) is 13.9. The molecule has 0 N–H and O–H groups in total. The van der Waals surface area contributed by atoms with Crippen LogP contribution in [-0.2, 0) is 16.2 Å². The van der Waals surface area contributed by atoms with E-state index in [4.69, 9.17) is 0 Å². The summed E-state index contributed by atoms with van der Waals surface area (Å²) in [5.41, 5.74) is -0.436. The fraction of sp³-hybridized carbons (Fsp3) is 0.647. The lowest BCUT2D eigenvalue weighted by molar-refractivity contribution is -0.403. The van der Waals surface area contributed by atoms with Gasteiger partial charge in [-0.25, -0.2) is 4.98 Å². The zero-order chi connectivity index (χ0) is 21.0. The molecule has 0 spiro atoms. The smallest absolute Gasteiger partial charge is 0.331 e. The molecule has 0 radical (unpaired) electrons. The normalized spacial score (nSPS) is 17.4. The van der Waals surface area contributed by atoms with Crippen molar-refractivity contribution >= 4 is 40.9 Å². The molecular formula is C17H23N6O5S-. The highest BCUT2D eigenvalue weighted by Gasteiger charge is 2.30. The number of thioether (sulfide) groups is 1. The van der Waals surface area contributed by atoms with Gasteiger partial charge in [-0.1, -0.05) is 6.61 Å². The number of ketones is 1. The van der Waals surface area contributed by atoms with Gasteiger partial charge >= 0.3 is 5.69 Å². The molecule has 0 saturated carbocycles. The van der Waals surface area contributed by atoms with E-state index in [1.54, 1.807) is 16.7 Å². The Labute approximate surface area is 172 Å². The third-order valence-electron chi connectivity index (χ3n) is 4.87. The Morgan fingerprint density at radius 1 is 1.07 bits per heavy atom. The molecule has 2 saturated heterocycles. The van der Waals surface area contributed by atoms with E-state index in [1.807, 2.05) is 9.80 Å². The van der Waals surface area contributed by atoms with Crippen LogP contribution < -0.4 is 14.9 Å². The lowest BCUT2D eigenvalue weighted by Crippen LogP contribution is -2.49. The predicted octanol–water partition coefficient (Wildman–Crippen LogP) is -0.574. The average molecular weight is 423 g/mol. The second-order valence-electron chi connectivity index (χ2n) is 6.89. The van der Waals surface area contributed by atoms with Gasteiger partial charge in [-0.3, -0.25) is 19.7 Å². The van der Waals surface area contributed by atoms with Crippen LogP contribution >= 0.6 is 11.8 Å². The number of rotatable bonds is 6. The summed E-state index contributed by atoms with van der Waals surface area (Å²) in [6.07, 6.45) is -0.120. The number of amides is 1. The van der Waals surface area contributed by atoms with Crippen LogP contribution in [0.3, 0.4) is 0 Å². The Hall–Kier alpha value is -2.47. The van der Waals surface area contributed by atoms with E-state index in [0.29, 0.717) is 39.3 Å². The molecule has 0 unspecified atom stereocenters. The Balaban J connectivity index is 1.83. The van der Waals surface area contributed by atoms with Crippen molar-refractivity contribution in [3.05, 3.63) is 15.8 Å². The quantitative estimate of drug-likeness (QED) is 0.332. The number of carbonyl (C=O) groups is 2. The summed E-state index contributed by atoms with van der Waals surface area (Å²) in [6.45, 7) is 3.46. The summed E-state index contributed by atoms with van der Waals surface area (Å²) in [4.78, 5) is 48.2. The first-order valence-corrected chi connectivity index (χ1v) is 10.5. The van der Waals surface area contributed by atoms with Crippen molar-refractivity contribution in [2.45, 2.75) is 20.0 Å². The van der Waals surface area contributed by atoms with Crippen LogP contribution in [0.2, 0.25) is 0 Å². The number of anilines is 2. The summed E-state index contributed by atoms with van der Waals surface area (Å²) >= 11 is 1.77. The summed E-state index contributed by atoms with van der Waals surface area (Å²) in [5, 5.41) is 23.3. The molecule has 3 rings (SSSR count). The first kappa shape index (κ1) is 21.2. The minimum absolute atomic E-state index is 0.120. The molecule has 0 aromatic carbocycles. The topological polar surface area (TPSA) is 136 Å². The maximum Gasteiger partial charge on any atom is 0.331 e. The van der Waals surface area contributed by atoms with Gasteiger partial charge in [-0.2, -0.15) is 16.7 Å². The Kier molecular flexibility index (Phi) is 6.85. The molecule has 158 valence electrons. The minimum Gasteiger partial charge on any atom is -0.850 e. The van der Waals surface area contributed by atoms with Gasteiger partial charge in [-0.15, -0.1) is 0 Å². The maximum absolute atomic E-state index is 12.1. The highest BCUT2D eigenvalue weighted by Crippen LogP contribution is 2.32. The number of Topliss-reactive ketones (excluding diaryl/α,β-unsaturated/α-hetero) is 1. The Morgan fingerprint density at radius 2 is 1.72 bits per heavy atom. The van der Waals surface area contributed by atoms with E-state index >= 15 is 0 Å². The van der Waals surface area contributed by atoms with Gasteiger partial charge in [0.15, 0.2) is 0 Å². The molecule has 0 aliphatic carbocycles. The van der Waals surface area contributed by atoms with Gasteiger partial charge in [0.25, 0.3) is 0 Å². The van der Waals surface area contributed by atoms with Crippen molar-refractivity contribution < 1.29 is 19.6 Å². The van der Waals surface area contributed by atoms with Crippen LogP contribution in [0.1, 0.15) is 19.0 Å². The Bertz CT molecular complexity index is 793. The van der Waals surface area contributed by atoms with E-state index in [2.05, 4.69) is 9.97 Å². The first-order valence-electron chi connectivity index (χ1n) is 9.39. The van der Waals surface area contributed by atoms with E-state index in [0.717, 1.165) is 11.5 Å². The van der Waals surface area contributed by atoms with Crippen LogP contribution in [0.4, 0.5) is 17.5 Å². The van der Waals surface area contributed by atoms with Gasteiger partial charge in [0, 0.05) is 50.8 Å². The van der Waals surface area contributed by atoms with Crippen molar-refractivity contribution in [3.8, 4) is 0 Å². The van der Waals surface area contributed by atoms with Crippen LogP contribution in [-0.4, -0.2) is 82.3 Å². The molecule has 11 nitrogen and oxygen atoms in total. The zero-order valence-corrected chi connectivity index (χ0v) is 17.0. The molecule has 1 amide bonds. The fourth-order valence-electron chi connectivity index (χ4n) is 3.38. The summed E-state index contributed by atoms with van der Waals surface area (Å²) in [7, 11) is 0. The molecule has 2 aliphatic rings. The molecule has 1 aromatic rings. The molecule has 2 aliphatic heterocycles. The number of nitrogens with zero attached hydrogens (tertiary/aromatic N) is 6. The second-order valence-corrected chi connectivity index (χ2v) is 8.11. The lowest BCUT2D eigenvalue weighted by Gasteiger charge is -2.35. The van der Waals surface area contributed by atoms with Gasteiger partial charge in [0.05, 0.1) is 11.3 Å². The van der Waals surface area contributed by atoms with E-state index in [-0.39, 0.29) is 41.3 Å². The summed E-state index contributed by atoms with van der Waals surface area (Å²) in [6, 6.07) is 0. The average Bonchev–Trinajstić information content (AvgIpc) is 2.72. The fourth-order valence-corrected chi connectivity index (χ4v) is 4.28. The van der Waals surface area contributed by atoms with Gasteiger partial charge in [0.2, 0.25) is 17.7 Å². The van der Waals surface area contributed by atoms with Crippen molar-refractivity contribution in [2.75, 3.05) is 60.6 Å². The van der Waals surface area contributed by atoms with Gasteiger partial charge in [0.1, 0.15) is 11.5 Å². The third kappa shape index (κ3) is 4.93. The SMILES string of the molecule is CC(=O)CC(=O)N1CCN(c2nc(C[O-])c([N+](=O)[O-])c(N3CCSCC3)n2)CC1. The molecule has 2 fully saturated rings. The van der Waals surface area contributed by atoms with E-state index in [9.17, 15) is 24.8 Å². The largest absolute Gasteiger partial charge is 0.850 e. The van der Waals surface area contributed by atoms with Crippen LogP contribution in [0.25, 0.3) is 0 Å². The molecule has 12 heteroatoms. The third-order valence-corrected chi connectivity index (χ3v) is 5.81. The monoisotopic (exact) mass is 423 g/mol. The number of nitro groups is 1. The second kappa shape index (κ2) is 9.35. The highest BCUT2D eigenvalue weighted by molar-refractivity contribution is 7.99. The van der Waals surface area contributed by atoms with Crippen molar-refractivity contribution in [1.82, 2.24) is 14.9 Å². The summed E-state index contributed by atoms with van der Waals surface area (Å²) < 4.78 is 0. The zero-order valence-electron chi connectivity index (χ0n) is 16.2. The number of hydrogen-bond acceptors (Lipinski definition) is 10. The van der Waals surface area contributed by atoms with Crippen LogP contribution in [0.5, 0.6) is 0 Å². The van der Waals surface area contributed by atoms with Crippen molar-refractivity contribution in [1.29, 1.82) is 0 Å². The number of aromatic nitrogens is 2. The highest BCUT2D eigenvalue weighted by atomic mass is 32.2. The van der Waals surface area contributed by atoms with Gasteiger partial charge < -0.3 is 19.8 Å². The molecule has 0 atom stereocenters. The predicted molar refractivity (Wildman–Crippen MR) is 106 cm³/mol. The minimum atomic E-state index is -0.807. The molecule has 1 aromatic heterocycles. The van der Waals surface area contributed by atoms with Crippen LogP contribution in [0, 0.1) is 10.1 Å². The number of piperazine rings is 1. The number of hydrogen-bond donors (Lipinski definition) is 0. The lowest BCUT2D eigenvalue weighted by atomic mass is 10.2. The van der Waals surface area contributed by atoms with Gasteiger partial charge in [-0.05, 0) is 6.92 Å². The van der Waals surface area contributed by atoms with E-state index in [1.165, 1.54) is 6.92 Å². The maximum atomic E-state index is 12.1. The van der Waals surface area contributed by atoms with Crippen LogP contribution in [0.15, 0.2) is 0 Å². The molecule has 29 heavy (non-hydrogen) atoms. The molecule has 0 bridgehead atoms. The molecular weight excluding hydrogens is 400 g/mol.